The van der Waals surface area contributed by atoms with Gasteiger partial charge in [0, 0.05) is 42.2 Å². The summed E-state index contributed by atoms with van der Waals surface area (Å²) in [5.74, 6) is 0.916. The van der Waals surface area contributed by atoms with Gasteiger partial charge in [0.05, 0.1) is 12.8 Å². The Labute approximate surface area is 207 Å². The van der Waals surface area contributed by atoms with Gasteiger partial charge in [0.1, 0.15) is 28.6 Å². The second-order valence-electron chi connectivity index (χ2n) is 7.64. The molecule has 35 heavy (non-hydrogen) atoms. The fourth-order valence-corrected chi connectivity index (χ4v) is 3.57. The van der Waals surface area contributed by atoms with E-state index in [1.807, 2.05) is 25.1 Å². The number of anilines is 1. The van der Waals surface area contributed by atoms with Gasteiger partial charge in [0.15, 0.2) is 0 Å². The molecule has 0 spiro atoms. The number of hydrogen-bond donors (Lipinski definition) is 3. The van der Waals surface area contributed by atoms with Crippen LogP contribution >= 0.6 is 11.6 Å². The van der Waals surface area contributed by atoms with Crippen LogP contribution in [0, 0.1) is 6.92 Å². The molecule has 0 aliphatic heterocycles. The van der Waals surface area contributed by atoms with Gasteiger partial charge >= 0.3 is 0 Å². The van der Waals surface area contributed by atoms with Crippen LogP contribution in [-0.2, 0) is 0 Å². The molecule has 3 N–H and O–H groups in total. The predicted octanol–water partition coefficient (Wildman–Crippen LogP) is 5.45. The summed E-state index contributed by atoms with van der Waals surface area (Å²) >= 11 is 6.15. The van der Waals surface area contributed by atoms with Crippen LogP contribution in [0.2, 0.25) is 5.02 Å². The van der Waals surface area contributed by atoms with Crippen LogP contribution < -0.4 is 20.1 Å². The highest BCUT2D eigenvalue weighted by molar-refractivity contribution is 6.31. The van der Waals surface area contributed by atoms with E-state index in [0.29, 0.717) is 33.7 Å². The summed E-state index contributed by atoms with van der Waals surface area (Å²) in [5, 5.41) is 5.95. The first kappa shape index (κ1) is 23.8. The van der Waals surface area contributed by atoms with Crippen LogP contribution in [-0.4, -0.2) is 35.9 Å². The highest BCUT2D eigenvalue weighted by Crippen LogP contribution is 2.32. The minimum Gasteiger partial charge on any atom is -0.495 e. The SMILES string of the molecule is CNC(=O)c1cc(Oc2cccc(-c3c[nH]c(C(=O)Nc4cc(C)c(Cl)cc4OC)c3)c2)ccn1. The predicted molar refractivity (Wildman–Crippen MR) is 135 cm³/mol. The third-order valence-corrected chi connectivity index (χ3v) is 5.66. The molecule has 0 saturated heterocycles. The quantitative estimate of drug-likeness (QED) is 0.319. The number of aryl methyl sites for hydroxylation is 1. The van der Waals surface area contributed by atoms with Crippen molar-refractivity contribution in [3.63, 3.8) is 0 Å². The normalized spacial score (nSPS) is 10.5. The Kier molecular flexibility index (Phi) is 7.03. The maximum atomic E-state index is 12.8. The van der Waals surface area contributed by atoms with E-state index in [9.17, 15) is 9.59 Å². The molecule has 8 nitrogen and oxygen atoms in total. The van der Waals surface area contributed by atoms with E-state index < -0.39 is 0 Å². The van der Waals surface area contributed by atoms with Crippen molar-refractivity contribution in [1.82, 2.24) is 15.3 Å². The minimum absolute atomic E-state index is 0.259. The second-order valence-corrected chi connectivity index (χ2v) is 8.05. The number of nitrogens with one attached hydrogen (secondary N) is 3. The van der Waals surface area contributed by atoms with Crippen molar-refractivity contribution in [2.24, 2.45) is 0 Å². The standard InChI is InChI=1S/C26H23ClN4O4/c1-15-9-21(24(34-3)13-20(15)27)31-26(33)22-11-17(14-30-22)16-5-4-6-18(10-16)35-19-7-8-29-23(12-19)25(32)28-2/h4-14,30H,1-3H3,(H,28,32)(H,31,33). The number of amides is 2. The number of carbonyl (C=O) groups excluding carboxylic acids is 2. The van der Waals surface area contributed by atoms with Crippen LogP contribution in [0.3, 0.4) is 0 Å². The fraction of sp³-hybridized carbons (Fsp3) is 0.115. The Bertz CT molecular complexity index is 1400. The summed E-state index contributed by atoms with van der Waals surface area (Å²) in [7, 11) is 3.06. The number of nitrogens with zero attached hydrogens (tertiary/aromatic N) is 1. The van der Waals surface area contributed by atoms with Gasteiger partial charge in [-0.2, -0.15) is 0 Å². The molecular formula is C26H23ClN4O4. The Hall–Kier alpha value is -4.30. The van der Waals surface area contributed by atoms with Crippen LogP contribution in [0.15, 0.2) is 67.0 Å². The van der Waals surface area contributed by atoms with Gasteiger partial charge in [-0.25, -0.2) is 0 Å². The largest absolute Gasteiger partial charge is 0.495 e. The zero-order valence-corrected chi connectivity index (χ0v) is 20.1. The third-order valence-electron chi connectivity index (χ3n) is 5.25. The number of halogens is 1. The third kappa shape index (κ3) is 5.44. The van der Waals surface area contributed by atoms with Crippen molar-refractivity contribution >= 4 is 29.1 Å². The Morgan fingerprint density at radius 3 is 2.57 bits per heavy atom. The summed E-state index contributed by atoms with van der Waals surface area (Å²) in [4.78, 5) is 31.7. The average molecular weight is 491 g/mol. The number of ether oxygens (including phenoxy) is 2. The van der Waals surface area contributed by atoms with E-state index in [1.54, 1.807) is 49.6 Å². The number of H-pyrrole nitrogens is 1. The van der Waals surface area contributed by atoms with Crippen molar-refractivity contribution in [1.29, 1.82) is 0 Å². The molecule has 4 rings (SSSR count). The first-order valence-electron chi connectivity index (χ1n) is 10.7. The molecule has 4 aromatic rings. The van der Waals surface area contributed by atoms with Gasteiger partial charge in [-0.05, 0) is 48.4 Å². The lowest BCUT2D eigenvalue weighted by molar-refractivity contribution is 0.0957. The van der Waals surface area contributed by atoms with Gasteiger partial charge < -0.3 is 25.1 Å². The zero-order valence-electron chi connectivity index (χ0n) is 19.3. The monoisotopic (exact) mass is 490 g/mol. The highest BCUT2D eigenvalue weighted by atomic mass is 35.5. The lowest BCUT2D eigenvalue weighted by atomic mass is 10.1. The molecule has 9 heteroatoms. The molecule has 0 atom stereocenters. The van der Waals surface area contributed by atoms with Crippen molar-refractivity contribution in [3.8, 4) is 28.4 Å². The summed E-state index contributed by atoms with van der Waals surface area (Å²) in [6.45, 7) is 1.85. The Balaban J connectivity index is 1.51. The van der Waals surface area contributed by atoms with Gasteiger partial charge in [0.2, 0.25) is 0 Å². The number of aromatic amines is 1. The Morgan fingerprint density at radius 2 is 1.80 bits per heavy atom. The van der Waals surface area contributed by atoms with E-state index >= 15 is 0 Å². The highest BCUT2D eigenvalue weighted by Gasteiger charge is 2.15. The lowest BCUT2D eigenvalue weighted by Crippen LogP contribution is -2.18. The molecule has 0 saturated carbocycles. The van der Waals surface area contributed by atoms with E-state index in [4.69, 9.17) is 21.1 Å². The number of benzene rings is 2. The summed E-state index contributed by atoms with van der Waals surface area (Å²) in [5.41, 5.74) is 3.64. The lowest BCUT2D eigenvalue weighted by Gasteiger charge is -2.11. The Morgan fingerprint density at radius 1 is 1.00 bits per heavy atom. The van der Waals surface area contributed by atoms with Gasteiger partial charge in [-0.1, -0.05) is 23.7 Å². The topological polar surface area (TPSA) is 105 Å². The number of carbonyl (C=O) groups is 2. The average Bonchev–Trinajstić information content (AvgIpc) is 3.36. The van der Waals surface area contributed by atoms with Gasteiger partial charge in [-0.15, -0.1) is 0 Å². The van der Waals surface area contributed by atoms with Crippen molar-refractivity contribution in [2.75, 3.05) is 19.5 Å². The molecule has 178 valence electrons. The molecular weight excluding hydrogens is 468 g/mol. The van der Waals surface area contributed by atoms with E-state index in [2.05, 4.69) is 20.6 Å². The summed E-state index contributed by atoms with van der Waals surface area (Å²) < 4.78 is 11.3. The molecule has 0 aliphatic carbocycles. The first-order chi connectivity index (χ1) is 16.9. The van der Waals surface area contributed by atoms with E-state index in [1.165, 1.54) is 13.3 Å². The van der Waals surface area contributed by atoms with Crippen LogP contribution in [0.25, 0.3) is 11.1 Å². The number of aromatic nitrogens is 2. The van der Waals surface area contributed by atoms with E-state index in [0.717, 1.165) is 16.7 Å². The number of methoxy groups -OCH3 is 1. The fourth-order valence-electron chi connectivity index (χ4n) is 3.41. The van der Waals surface area contributed by atoms with Crippen LogP contribution in [0.5, 0.6) is 17.2 Å². The molecule has 0 unspecified atom stereocenters. The van der Waals surface area contributed by atoms with Gasteiger partial charge in [0.25, 0.3) is 11.8 Å². The van der Waals surface area contributed by atoms with Crippen molar-refractivity contribution in [2.45, 2.75) is 6.92 Å². The zero-order chi connectivity index (χ0) is 24.9. The van der Waals surface area contributed by atoms with Crippen molar-refractivity contribution < 1.29 is 19.1 Å². The second kappa shape index (κ2) is 10.3. The molecule has 0 radical (unpaired) electrons. The molecule has 2 aromatic heterocycles. The van der Waals surface area contributed by atoms with Crippen LogP contribution in [0.1, 0.15) is 26.5 Å². The number of pyridine rings is 1. The number of rotatable bonds is 7. The molecule has 0 fully saturated rings. The molecule has 2 amide bonds. The molecule has 2 heterocycles. The smallest absolute Gasteiger partial charge is 0.272 e. The molecule has 0 bridgehead atoms. The first-order valence-corrected chi connectivity index (χ1v) is 11.1. The maximum Gasteiger partial charge on any atom is 0.272 e. The molecule has 0 aliphatic rings. The van der Waals surface area contributed by atoms with Crippen LogP contribution in [0.4, 0.5) is 5.69 Å². The van der Waals surface area contributed by atoms with Crippen molar-refractivity contribution in [3.05, 3.63) is 89.0 Å². The summed E-state index contributed by atoms with van der Waals surface area (Å²) in [6, 6.07) is 15.8. The van der Waals surface area contributed by atoms with Gasteiger partial charge in [-0.3, -0.25) is 14.6 Å². The molecule has 2 aromatic carbocycles. The minimum atomic E-state index is -0.317. The number of hydrogen-bond acceptors (Lipinski definition) is 5. The maximum absolute atomic E-state index is 12.8. The van der Waals surface area contributed by atoms with E-state index in [-0.39, 0.29) is 17.5 Å². The summed E-state index contributed by atoms with van der Waals surface area (Å²) in [6.07, 6.45) is 3.26.